The van der Waals surface area contributed by atoms with Crippen molar-refractivity contribution >= 4 is 17.6 Å². The van der Waals surface area contributed by atoms with Crippen LogP contribution in [0.2, 0.25) is 0 Å². The van der Waals surface area contributed by atoms with E-state index in [1.807, 2.05) is 0 Å². The monoisotopic (exact) mass is 234 g/mol. The van der Waals surface area contributed by atoms with Crippen molar-refractivity contribution in [1.29, 1.82) is 0 Å². The fraction of sp³-hybridized carbons (Fsp3) is 0.333. The molecule has 1 aromatic rings. The molecular weight excluding hydrogens is 220 g/mol. The molecule has 1 amide bonds. The fourth-order valence-corrected chi connectivity index (χ4v) is 2.12. The number of aromatic carboxylic acids is 1. The van der Waals surface area contributed by atoms with Crippen LogP contribution in [-0.2, 0) is 4.79 Å². The van der Waals surface area contributed by atoms with E-state index in [0.717, 1.165) is 0 Å². The molecule has 0 aromatic heterocycles. The van der Waals surface area contributed by atoms with Gasteiger partial charge in [-0.05, 0) is 18.6 Å². The van der Waals surface area contributed by atoms with Crippen LogP contribution in [0.5, 0.6) is 0 Å². The lowest BCUT2D eigenvalue weighted by molar-refractivity contribution is -0.117. The van der Waals surface area contributed by atoms with Crippen LogP contribution >= 0.6 is 0 Å². The van der Waals surface area contributed by atoms with Crippen molar-refractivity contribution in [2.75, 3.05) is 11.4 Å². The summed E-state index contributed by atoms with van der Waals surface area (Å²) in [4.78, 5) is 24.4. The number of carboxylic acids is 1. The highest BCUT2D eigenvalue weighted by Crippen LogP contribution is 2.27. The fourth-order valence-electron chi connectivity index (χ4n) is 2.12. The lowest BCUT2D eigenvalue weighted by atomic mass is 10.1. The Morgan fingerprint density at radius 2 is 2.24 bits per heavy atom. The SMILES string of the molecule is Cc1cccc(N2CC(N)CC2=O)c1C(=O)O. The van der Waals surface area contributed by atoms with Crippen LogP contribution < -0.4 is 10.6 Å². The molecule has 90 valence electrons. The molecule has 0 radical (unpaired) electrons. The van der Waals surface area contributed by atoms with Gasteiger partial charge in [-0.3, -0.25) is 4.79 Å². The molecule has 1 aliphatic rings. The average Bonchev–Trinajstić information content (AvgIpc) is 2.56. The number of carboxylic acid groups (broad SMARTS) is 1. The van der Waals surface area contributed by atoms with Gasteiger partial charge in [0.15, 0.2) is 0 Å². The first-order valence-electron chi connectivity index (χ1n) is 5.39. The maximum absolute atomic E-state index is 11.7. The molecule has 5 nitrogen and oxygen atoms in total. The molecule has 0 spiro atoms. The number of anilines is 1. The van der Waals surface area contributed by atoms with E-state index >= 15 is 0 Å². The smallest absolute Gasteiger partial charge is 0.338 e. The number of amides is 1. The Morgan fingerprint density at radius 3 is 2.76 bits per heavy atom. The second-order valence-electron chi connectivity index (χ2n) is 4.24. The summed E-state index contributed by atoms with van der Waals surface area (Å²) in [7, 11) is 0. The topological polar surface area (TPSA) is 83.6 Å². The van der Waals surface area contributed by atoms with E-state index < -0.39 is 5.97 Å². The summed E-state index contributed by atoms with van der Waals surface area (Å²) in [6.45, 7) is 2.09. The molecule has 1 atom stereocenters. The molecule has 5 heteroatoms. The van der Waals surface area contributed by atoms with E-state index in [4.69, 9.17) is 5.73 Å². The van der Waals surface area contributed by atoms with Gasteiger partial charge in [0.2, 0.25) is 5.91 Å². The van der Waals surface area contributed by atoms with Gasteiger partial charge < -0.3 is 15.7 Å². The van der Waals surface area contributed by atoms with Crippen LogP contribution in [0.15, 0.2) is 18.2 Å². The van der Waals surface area contributed by atoms with Crippen molar-refractivity contribution in [3.05, 3.63) is 29.3 Å². The predicted molar refractivity (Wildman–Crippen MR) is 63.1 cm³/mol. The van der Waals surface area contributed by atoms with Gasteiger partial charge in [-0.1, -0.05) is 12.1 Å². The van der Waals surface area contributed by atoms with Gasteiger partial charge in [0.1, 0.15) is 0 Å². The van der Waals surface area contributed by atoms with E-state index in [1.54, 1.807) is 25.1 Å². The first-order valence-corrected chi connectivity index (χ1v) is 5.39. The minimum atomic E-state index is -1.02. The van der Waals surface area contributed by atoms with Crippen LogP contribution in [0.3, 0.4) is 0 Å². The number of benzene rings is 1. The molecule has 0 bridgehead atoms. The van der Waals surface area contributed by atoms with Gasteiger partial charge in [-0.2, -0.15) is 0 Å². The maximum atomic E-state index is 11.7. The van der Waals surface area contributed by atoms with Crippen LogP contribution in [-0.4, -0.2) is 29.6 Å². The molecule has 2 rings (SSSR count). The largest absolute Gasteiger partial charge is 0.478 e. The van der Waals surface area contributed by atoms with Crippen LogP contribution in [0, 0.1) is 6.92 Å². The van der Waals surface area contributed by atoms with E-state index in [-0.39, 0.29) is 23.9 Å². The normalized spacial score (nSPS) is 19.8. The molecule has 1 unspecified atom stereocenters. The molecule has 0 aliphatic carbocycles. The number of hydrogen-bond donors (Lipinski definition) is 2. The van der Waals surface area contributed by atoms with Crippen molar-refractivity contribution in [1.82, 2.24) is 0 Å². The molecule has 17 heavy (non-hydrogen) atoms. The Labute approximate surface area is 98.8 Å². The Hall–Kier alpha value is -1.88. The van der Waals surface area contributed by atoms with Crippen LogP contribution in [0.25, 0.3) is 0 Å². The molecule has 1 aliphatic heterocycles. The van der Waals surface area contributed by atoms with Gasteiger partial charge in [-0.25, -0.2) is 4.79 Å². The second-order valence-corrected chi connectivity index (χ2v) is 4.24. The lowest BCUT2D eigenvalue weighted by Gasteiger charge is -2.19. The maximum Gasteiger partial charge on any atom is 0.338 e. The first-order chi connectivity index (χ1) is 8.00. The van der Waals surface area contributed by atoms with Gasteiger partial charge in [0.05, 0.1) is 11.3 Å². The van der Waals surface area contributed by atoms with Crippen LogP contribution in [0.4, 0.5) is 5.69 Å². The number of rotatable bonds is 2. The number of carbonyl (C=O) groups excluding carboxylic acids is 1. The Balaban J connectivity index is 2.49. The van der Waals surface area contributed by atoms with Crippen molar-refractivity contribution in [2.45, 2.75) is 19.4 Å². The van der Waals surface area contributed by atoms with Gasteiger partial charge in [-0.15, -0.1) is 0 Å². The third-order valence-corrected chi connectivity index (χ3v) is 2.91. The molecule has 3 N–H and O–H groups in total. The number of aryl methyl sites for hydroxylation is 1. The number of nitrogens with zero attached hydrogens (tertiary/aromatic N) is 1. The number of hydrogen-bond acceptors (Lipinski definition) is 3. The second kappa shape index (κ2) is 4.18. The zero-order valence-corrected chi connectivity index (χ0v) is 9.51. The summed E-state index contributed by atoms with van der Waals surface area (Å²) in [5, 5.41) is 9.19. The first kappa shape index (κ1) is 11.6. The van der Waals surface area contributed by atoms with Crippen molar-refractivity contribution in [2.24, 2.45) is 5.73 Å². The molecule has 1 heterocycles. The molecular formula is C12H14N2O3. The van der Waals surface area contributed by atoms with Gasteiger partial charge in [0.25, 0.3) is 0 Å². The minimum absolute atomic E-state index is 0.120. The molecule has 1 saturated heterocycles. The summed E-state index contributed by atoms with van der Waals surface area (Å²) in [6.07, 6.45) is 0.271. The number of carbonyl (C=O) groups is 2. The highest BCUT2D eigenvalue weighted by molar-refractivity contribution is 6.04. The van der Waals surface area contributed by atoms with E-state index in [0.29, 0.717) is 17.8 Å². The predicted octanol–water partition coefficient (Wildman–Crippen LogP) is 0.757. The zero-order chi connectivity index (χ0) is 12.6. The summed E-state index contributed by atoms with van der Waals surface area (Å²) in [5.41, 5.74) is 6.97. The Morgan fingerprint density at radius 1 is 1.53 bits per heavy atom. The van der Waals surface area contributed by atoms with Gasteiger partial charge in [0, 0.05) is 19.0 Å². The summed E-state index contributed by atoms with van der Waals surface area (Å²) < 4.78 is 0. The van der Waals surface area contributed by atoms with Crippen molar-refractivity contribution in [3.8, 4) is 0 Å². The van der Waals surface area contributed by atoms with E-state index in [1.165, 1.54) is 4.90 Å². The molecule has 0 saturated carbocycles. The summed E-state index contributed by atoms with van der Waals surface area (Å²) in [6, 6.07) is 4.89. The Bertz CT molecular complexity index is 485. The number of nitrogens with two attached hydrogens (primary N) is 1. The van der Waals surface area contributed by atoms with E-state index in [9.17, 15) is 14.7 Å². The standard InChI is InChI=1S/C12H14N2O3/c1-7-3-2-4-9(11(7)12(16)17)14-6-8(13)5-10(14)15/h2-4,8H,5-6,13H2,1H3,(H,16,17). The molecule has 1 fully saturated rings. The van der Waals surface area contributed by atoms with E-state index in [2.05, 4.69) is 0 Å². The quantitative estimate of drug-likeness (QED) is 0.791. The summed E-state index contributed by atoms with van der Waals surface area (Å²) >= 11 is 0. The Kier molecular flexibility index (Phi) is 2.85. The van der Waals surface area contributed by atoms with Crippen molar-refractivity contribution < 1.29 is 14.7 Å². The van der Waals surface area contributed by atoms with Crippen LogP contribution in [0.1, 0.15) is 22.3 Å². The van der Waals surface area contributed by atoms with Crippen molar-refractivity contribution in [3.63, 3.8) is 0 Å². The highest BCUT2D eigenvalue weighted by Gasteiger charge is 2.31. The lowest BCUT2D eigenvalue weighted by Crippen LogP contribution is -2.29. The minimum Gasteiger partial charge on any atom is -0.478 e. The highest BCUT2D eigenvalue weighted by atomic mass is 16.4. The third-order valence-electron chi connectivity index (χ3n) is 2.91. The third kappa shape index (κ3) is 2.01. The summed E-state index contributed by atoms with van der Waals surface area (Å²) in [5.74, 6) is -1.14. The zero-order valence-electron chi connectivity index (χ0n) is 9.51. The molecule has 1 aromatic carbocycles. The average molecular weight is 234 g/mol. The van der Waals surface area contributed by atoms with Gasteiger partial charge >= 0.3 is 5.97 Å².